The summed E-state index contributed by atoms with van der Waals surface area (Å²) in [6.45, 7) is 0.788. The molecule has 0 atom stereocenters. The third kappa shape index (κ3) is 3.02. The average molecular weight is 290 g/mol. The first kappa shape index (κ1) is 13.8. The fourth-order valence-electron chi connectivity index (χ4n) is 2.46. The minimum Gasteiger partial charge on any atom is -0.352 e. The summed E-state index contributed by atoms with van der Waals surface area (Å²) in [5.74, 6) is 0.438. The van der Waals surface area contributed by atoms with Crippen molar-refractivity contribution in [1.29, 1.82) is 0 Å². The van der Waals surface area contributed by atoms with Crippen LogP contribution in [0.4, 0.5) is 5.95 Å². The summed E-state index contributed by atoms with van der Waals surface area (Å²) in [7, 11) is 4.22. The molecule has 0 radical (unpaired) electrons. The van der Waals surface area contributed by atoms with E-state index in [9.17, 15) is 0 Å². The Hall–Kier alpha value is -0.650. The molecule has 1 fully saturated rings. The Kier molecular flexibility index (Phi) is 4.25. The molecule has 1 N–H and O–H groups in total. The maximum atomic E-state index is 5.75. The van der Waals surface area contributed by atoms with Crippen LogP contribution in [-0.4, -0.2) is 46.0 Å². The van der Waals surface area contributed by atoms with Gasteiger partial charge in [0.25, 0.3) is 0 Å². The van der Waals surface area contributed by atoms with Gasteiger partial charge in [-0.1, -0.05) is 12.8 Å². The van der Waals surface area contributed by atoms with Crippen molar-refractivity contribution in [2.45, 2.75) is 31.2 Å². The molecule has 0 bridgehead atoms. The molecule has 18 heavy (non-hydrogen) atoms. The van der Waals surface area contributed by atoms with Gasteiger partial charge >= 0.3 is 0 Å². The lowest BCUT2D eigenvalue weighted by molar-refractivity contribution is 0.172. The Morgan fingerprint density at radius 2 is 1.67 bits per heavy atom. The van der Waals surface area contributed by atoms with Crippen LogP contribution < -0.4 is 5.32 Å². The largest absolute Gasteiger partial charge is 0.352 e. The van der Waals surface area contributed by atoms with Crippen LogP contribution in [0.15, 0.2) is 0 Å². The van der Waals surface area contributed by atoms with Crippen molar-refractivity contribution in [1.82, 2.24) is 19.9 Å². The lowest BCUT2D eigenvalue weighted by atomic mass is 9.96. The summed E-state index contributed by atoms with van der Waals surface area (Å²) in [4.78, 5) is 14.0. The molecule has 1 aliphatic rings. The molecule has 1 aromatic rings. The zero-order valence-electron chi connectivity index (χ0n) is 10.6. The van der Waals surface area contributed by atoms with Crippen LogP contribution in [0.25, 0.3) is 0 Å². The Morgan fingerprint density at radius 1 is 1.11 bits per heavy atom. The highest BCUT2D eigenvalue weighted by atomic mass is 35.5. The van der Waals surface area contributed by atoms with Gasteiger partial charge in [0.15, 0.2) is 0 Å². The van der Waals surface area contributed by atoms with Crippen LogP contribution in [0.2, 0.25) is 10.6 Å². The molecule has 7 heteroatoms. The lowest BCUT2D eigenvalue weighted by Gasteiger charge is -2.36. The molecule has 1 aliphatic carbocycles. The zero-order chi connectivity index (χ0) is 13.2. The minimum atomic E-state index is 0.114. The third-order valence-corrected chi connectivity index (χ3v) is 3.98. The van der Waals surface area contributed by atoms with Gasteiger partial charge in [-0.15, -0.1) is 0 Å². The van der Waals surface area contributed by atoms with Crippen molar-refractivity contribution in [3.8, 4) is 0 Å². The molecule has 1 saturated carbocycles. The van der Waals surface area contributed by atoms with Crippen LogP contribution in [0.5, 0.6) is 0 Å². The fraction of sp³-hybridized carbons (Fsp3) is 0.727. The van der Waals surface area contributed by atoms with E-state index in [2.05, 4.69) is 39.3 Å². The van der Waals surface area contributed by atoms with E-state index in [1.807, 2.05) is 0 Å². The monoisotopic (exact) mass is 289 g/mol. The number of anilines is 1. The molecule has 1 heterocycles. The Bertz CT molecular complexity index is 398. The molecule has 1 aromatic heterocycles. The summed E-state index contributed by atoms with van der Waals surface area (Å²) < 4.78 is 0. The van der Waals surface area contributed by atoms with Gasteiger partial charge in [-0.25, -0.2) is 0 Å². The number of likely N-dealkylation sites (N-methyl/N-ethyl adjacent to an activating group) is 1. The van der Waals surface area contributed by atoms with E-state index in [0.717, 1.165) is 6.54 Å². The topological polar surface area (TPSA) is 53.9 Å². The molecular formula is C11H17Cl2N5. The van der Waals surface area contributed by atoms with Crippen LogP contribution in [0.1, 0.15) is 25.7 Å². The number of halogens is 2. The number of nitrogens with zero attached hydrogens (tertiary/aromatic N) is 4. The predicted molar refractivity (Wildman–Crippen MR) is 73.2 cm³/mol. The second-order valence-corrected chi connectivity index (χ2v) is 5.55. The first-order valence-electron chi connectivity index (χ1n) is 6.00. The van der Waals surface area contributed by atoms with E-state index in [1.165, 1.54) is 25.7 Å². The first-order valence-corrected chi connectivity index (χ1v) is 6.76. The fourth-order valence-corrected chi connectivity index (χ4v) is 2.83. The Balaban J connectivity index is 2.05. The van der Waals surface area contributed by atoms with Crippen molar-refractivity contribution in [2.24, 2.45) is 0 Å². The van der Waals surface area contributed by atoms with Gasteiger partial charge in [0.05, 0.1) is 0 Å². The van der Waals surface area contributed by atoms with Crippen LogP contribution >= 0.6 is 23.2 Å². The molecule has 100 valence electrons. The highest BCUT2D eigenvalue weighted by Crippen LogP contribution is 2.33. The van der Waals surface area contributed by atoms with Gasteiger partial charge in [-0.05, 0) is 50.1 Å². The van der Waals surface area contributed by atoms with Gasteiger partial charge in [-0.2, -0.15) is 15.0 Å². The molecule has 0 saturated heterocycles. The van der Waals surface area contributed by atoms with E-state index in [0.29, 0.717) is 5.95 Å². The van der Waals surface area contributed by atoms with E-state index >= 15 is 0 Å². The zero-order valence-corrected chi connectivity index (χ0v) is 12.1. The van der Waals surface area contributed by atoms with Gasteiger partial charge in [0.2, 0.25) is 16.5 Å². The van der Waals surface area contributed by atoms with Crippen molar-refractivity contribution in [2.75, 3.05) is 26.0 Å². The van der Waals surface area contributed by atoms with Crippen molar-refractivity contribution < 1.29 is 0 Å². The maximum Gasteiger partial charge on any atom is 0.228 e. The van der Waals surface area contributed by atoms with Gasteiger partial charge in [-0.3, -0.25) is 0 Å². The number of nitrogens with one attached hydrogen (secondary N) is 1. The standard InChI is InChI=1S/C11H17Cl2N5/c1-18(2)11(5-3-4-6-11)7-14-10-16-8(12)15-9(13)17-10/h3-7H2,1-2H3,(H,14,15,16,17). The number of rotatable bonds is 4. The molecule has 0 unspecified atom stereocenters. The van der Waals surface area contributed by atoms with Crippen molar-refractivity contribution in [3.05, 3.63) is 10.6 Å². The highest BCUT2D eigenvalue weighted by molar-refractivity contribution is 6.31. The summed E-state index contributed by atoms with van der Waals surface area (Å²) in [5, 5.41) is 3.45. The van der Waals surface area contributed by atoms with Gasteiger partial charge in [0, 0.05) is 12.1 Å². The van der Waals surface area contributed by atoms with E-state index in [-0.39, 0.29) is 16.1 Å². The van der Waals surface area contributed by atoms with E-state index < -0.39 is 0 Å². The highest BCUT2D eigenvalue weighted by Gasteiger charge is 2.35. The van der Waals surface area contributed by atoms with Gasteiger partial charge in [0.1, 0.15) is 0 Å². The average Bonchev–Trinajstić information content (AvgIpc) is 2.75. The normalized spacial score (nSPS) is 18.3. The molecule has 5 nitrogen and oxygen atoms in total. The Labute approximate surface area is 117 Å². The van der Waals surface area contributed by atoms with Gasteiger partial charge < -0.3 is 10.2 Å². The summed E-state index contributed by atoms with van der Waals surface area (Å²) >= 11 is 11.5. The van der Waals surface area contributed by atoms with Crippen molar-refractivity contribution in [3.63, 3.8) is 0 Å². The Morgan fingerprint density at radius 3 is 2.17 bits per heavy atom. The quantitative estimate of drug-likeness (QED) is 0.923. The molecule has 0 aliphatic heterocycles. The summed E-state index contributed by atoms with van der Waals surface area (Å²) in [6, 6.07) is 0. The summed E-state index contributed by atoms with van der Waals surface area (Å²) in [5.41, 5.74) is 0.172. The second-order valence-electron chi connectivity index (χ2n) is 4.88. The number of aromatic nitrogens is 3. The van der Waals surface area contributed by atoms with Crippen LogP contribution in [-0.2, 0) is 0 Å². The van der Waals surface area contributed by atoms with E-state index in [4.69, 9.17) is 23.2 Å². The molecule has 2 rings (SSSR count). The summed E-state index contributed by atoms with van der Waals surface area (Å²) in [6.07, 6.45) is 4.89. The smallest absolute Gasteiger partial charge is 0.228 e. The lowest BCUT2D eigenvalue weighted by Crippen LogP contribution is -2.47. The SMILES string of the molecule is CN(C)C1(CNc2nc(Cl)nc(Cl)n2)CCCC1. The predicted octanol–water partition coefficient (Wildman–Crippen LogP) is 2.46. The van der Waals surface area contributed by atoms with Crippen molar-refractivity contribution >= 4 is 29.2 Å². The van der Waals surface area contributed by atoms with Crippen LogP contribution in [0.3, 0.4) is 0 Å². The molecule has 0 amide bonds. The van der Waals surface area contributed by atoms with E-state index in [1.54, 1.807) is 0 Å². The molecule has 0 spiro atoms. The number of hydrogen-bond acceptors (Lipinski definition) is 5. The van der Waals surface area contributed by atoms with Crippen LogP contribution in [0, 0.1) is 0 Å². The maximum absolute atomic E-state index is 5.75. The molecular weight excluding hydrogens is 273 g/mol. The number of hydrogen-bond donors (Lipinski definition) is 1. The minimum absolute atomic E-state index is 0.114. The second kappa shape index (κ2) is 5.55. The first-order chi connectivity index (χ1) is 8.52. The molecule has 0 aromatic carbocycles. The third-order valence-electron chi connectivity index (χ3n) is 3.64.